The Hall–Kier alpha value is -3.03. The number of aliphatic hydroxyl groups is 1. The van der Waals surface area contributed by atoms with Gasteiger partial charge in [-0.3, -0.25) is 19.3 Å². The van der Waals surface area contributed by atoms with Gasteiger partial charge in [0.25, 0.3) is 11.8 Å². The molecule has 3 heterocycles. The minimum Gasteiger partial charge on any atom is -0.391 e. The Bertz CT molecular complexity index is 1010. The number of carbonyl (C=O) groups excluding carboxylic acids is 3. The lowest BCUT2D eigenvalue weighted by Gasteiger charge is -2.32. The second kappa shape index (κ2) is 7.90. The van der Waals surface area contributed by atoms with Gasteiger partial charge in [0, 0.05) is 11.7 Å². The largest absolute Gasteiger partial charge is 0.391 e. The van der Waals surface area contributed by atoms with Gasteiger partial charge in [-0.15, -0.1) is 0 Å². The normalized spacial score (nSPS) is 22.1. The number of amides is 3. The van der Waals surface area contributed by atoms with Crippen molar-refractivity contribution in [3.8, 4) is 0 Å². The molecule has 5 rings (SSSR count). The van der Waals surface area contributed by atoms with E-state index < -0.39 is 23.8 Å². The predicted octanol–water partition coefficient (Wildman–Crippen LogP) is 1.92. The molecule has 2 aromatic carbocycles. The minimum atomic E-state index is -0.989. The van der Waals surface area contributed by atoms with E-state index in [9.17, 15) is 19.5 Å². The van der Waals surface area contributed by atoms with Crippen LogP contribution in [0.1, 0.15) is 51.5 Å². The van der Waals surface area contributed by atoms with E-state index in [0.717, 1.165) is 42.1 Å². The Morgan fingerprint density at radius 1 is 0.935 bits per heavy atom. The summed E-state index contributed by atoms with van der Waals surface area (Å²) in [6, 6.07) is 14.6. The molecule has 2 aromatic rings. The maximum absolute atomic E-state index is 13.4. The van der Waals surface area contributed by atoms with Crippen molar-refractivity contribution in [2.45, 2.75) is 37.3 Å². The van der Waals surface area contributed by atoms with Crippen LogP contribution in [0.25, 0.3) is 0 Å². The Morgan fingerprint density at radius 3 is 2.23 bits per heavy atom. The topological polar surface area (TPSA) is 90.0 Å². The van der Waals surface area contributed by atoms with E-state index in [2.05, 4.69) is 5.32 Å². The molecule has 0 bridgehead atoms. The third kappa shape index (κ3) is 3.34. The number of anilines is 1. The van der Waals surface area contributed by atoms with Crippen molar-refractivity contribution in [3.63, 3.8) is 0 Å². The molecule has 2 atom stereocenters. The van der Waals surface area contributed by atoms with Crippen LogP contribution in [0, 0.1) is 0 Å². The molecule has 3 aliphatic rings. The van der Waals surface area contributed by atoms with Crippen LogP contribution < -0.4 is 10.2 Å². The van der Waals surface area contributed by atoms with Gasteiger partial charge in [0.1, 0.15) is 0 Å². The summed E-state index contributed by atoms with van der Waals surface area (Å²) < 4.78 is 0. The highest BCUT2D eigenvalue weighted by atomic mass is 16.3. The first-order valence-corrected chi connectivity index (χ1v) is 10.8. The van der Waals surface area contributed by atoms with Crippen LogP contribution in [0.5, 0.6) is 0 Å². The van der Waals surface area contributed by atoms with E-state index in [1.165, 1.54) is 0 Å². The fraction of sp³-hybridized carbons (Fsp3) is 0.375. The van der Waals surface area contributed by atoms with Gasteiger partial charge in [0.2, 0.25) is 5.91 Å². The van der Waals surface area contributed by atoms with Gasteiger partial charge < -0.3 is 15.3 Å². The zero-order valence-corrected chi connectivity index (χ0v) is 17.2. The third-order valence-corrected chi connectivity index (χ3v) is 6.56. The predicted molar refractivity (Wildman–Crippen MR) is 115 cm³/mol. The average molecular weight is 419 g/mol. The van der Waals surface area contributed by atoms with Crippen molar-refractivity contribution in [2.24, 2.45) is 0 Å². The number of piperidine rings is 1. The van der Waals surface area contributed by atoms with Gasteiger partial charge >= 0.3 is 0 Å². The first-order valence-electron chi connectivity index (χ1n) is 10.8. The Balaban J connectivity index is 1.33. The molecular weight excluding hydrogens is 394 g/mol. The molecule has 31 heavy (non-hydrogen) atoms. The molecule has 2 N–H and O–H groups in total. The molecule has 2 unspecified atom stereocenters. The second-order valence-corrected chi connectivity index (χ2v) is 8.46. The summed E-state index contributed by atoms with van der Waals surface area (Å²) >= 11 is 0. The highest BCUT2D eigenvalue weighted by molar-refractivity contribution is 6.21. The molecule has 3 amide bonds. The van der Waals surface area contributed by atoms with E-state index in [0.29, 0.717) is 11.1 Å². The molecule has 3 aliphatic heterocycles. The van der Waals surface area contributed by atoms with Gasteiger partial charge in [-0.05, 0) is 56.1 Å². The summed E-state index contributed by atoms with van der Waals surface area (Å²) in [4.78, 5) is 41.6. The van der Waals surface area contributed by atoms with Crippen molar-refractivity contribution < 1.29 is 19.5 Å². The maximum atomic E-state index is 13.4. The zero-order valence-electron chi connectivity index (χ0n) is 17.2. The summed E-state index contributed by atoms with van der Waals surface area (Å²) in [5.74, 6) is -1.27. The molecule has 7 heteroatoms. The van der Waals surface area contributed by atoms with Crippen LogP contribution >= 0.6 is 0 Å². The summed E-state index contributed by atoms with van der Waals surface area (Å²) in [6.07, 6.45) is 0.969. The van der Waals surface area contributed by atoms with Crippen LogP contribution in [-0.2, 0) is 4.79 Å². The Labute approximate surface area is 180 Å². The fourth-order valence-electron chi connectivity index (χ4n) is 5.05. The third-order valence-electron chi connectivity index (χ3n) is 6.56. The smallest absolute Gasteiger partial charge is 0.261 e. The van der Waals surface area contributed by atoms with E-state index in [4.69, 9.17) is 0 Å². The molecule has 160 valence electrons. The number of aliphatic hydroxyl groups excluding tert-OH is 1. The zero-order chi connectivity index (χ0) is 21.5. The molecule has 0 radical (unpaired) electrons. The molecule has 0 spiro atoms. The number of benzene rings is 2. The number of rotatable bonds is 5. The van der Waals surface area contributed by atoms with Crippen molar-refractivity contribution in [3.05, 3.63) is 65.2 Å². The first-order chi connectivity index (χ1) is 15.1. The fourth-order valence-corrected chi connectivity index (χ4v) is 5.05. The van der Waals surface area contributed by atoms with Gasteiger partial charge in [0.15, 0.2) is 0 Å². The molecule has 0 aromatic heterocycles. The maximum Gasteiger partial charge on any atom is 0.261 e. The van der Waals surface area contributed by atoms with Gasteiger partial charge in [-0.2, -0.15) is 0 Å². The molecule has 1 saturated heterocycles. The SMILES string of the molecule is O=C1c2ccccc2C(=O)N1CC(O)CC1C(=O)N(C2CCNCC2)c2ccccc21. The first kappa shape index (κ1) is 19.9. The van der Waals surface area contributed by atoms with Crippen LogP contribution in [0.2, 0.25) is 0 Å². The number of β-amino-alcohol motifs (C(OH)–C–C–N with tert-alkyl or cyclic N) is 1. The lowest BCUT2D eigenvalue weighted by atomic mass is 9.94. The van der Waals surface area contributed by atoms with Gasteiger partial charge in [0.05, 0.1) is 29.7 Å². The lowest BCUT2D eigenvalue weighted by molar-refractivity contribution is -0.120. The number of imide groups is 1. The molecular formula is C24H25N3O4. The molecule has 1 fully saturated rings. The molecule has 7 nitrogen and oxygen atoms in total. The summed E-state index contributed by atoms with van der Waals surface area (Å²) in [6.45, 7) is 1.64. The number of para-hydroxylation sites is 1. The molecule has 0 saturated carbocycles. The lowest BCUT2D eigenvalue weighted by Crippen LogP contribution is -2.45. The summed E-state index contributed by atoms with van der Waals surface area (Å²) in [5.41, 5.74) is 2.54. The highest BCUT2D eigenvalue weighted by Crippen LogP contribution is 2.42. The second-order valence-electron chi connectivity index (χ2n) is 8.46. The van der Waals surface area contributed by atoms with Crippen LogP contribution in [0.4, 0.5) is 5.69 Å². The van der Waals surface area contributed by atoms with Crippen LogP contribution in [0.15, 0.2) is 48.5 Å². The highest BCUT2D eigenvalue weighted by Gasteiger charge is 2.43. The van der Waals surface area contributed by atoms with E-state index in [1.54, 1.807) is 24.3 Å². The van der Waals surface area contributed by atoms with E-state index in [1.807, 2.05) is 29.2 Å². The van der Waals surface area contributed by atoms with E-state index in [-0.39, 0.29) is 24.9 Å². The average Bonchev–Trinajstić information content (AvgIpc) is 3.21. The number of hydrogen-bond acceptors (Lipinski definition) is 5. The number of hydrogen-bond donors (Lipinski definition) is 2. The van der Waals surface area contributed by atoms with Crippen molar-refractivity contribution in [1.82, 2.24) is 10.2 Å². The van der Waals surface area contributed by atoms with Crippen molar-refractivity contribution in [2.75, 3.05) is 24.5 Å². The quantitative estimate of drug-likeness (QED) is 0.723. The number of nitrogens with zero attached hydrogens (tertiary/aromatic N) is 2. The Morgan fingerprint density at radius 2 is 1.55 bits per heavy atom. The van der Waals surface area contributed by atoms with E-state index >= 15 is 0 Å². The van der Waals surface area contributed by atoms with Gasteiger partial charge in [-0.25, -0.2) is 0 Å². The van der Waals surface area contributed by atoms with Crippen LogP contribution in [-0.4, -0.2) is 59.5 Å². The van der Waals surface area contributed by atoms with Crippen molar-refractivity contribution >= 4 is 23.4 Å². The number of carbonyl (C=O) groups is 3. The number of fused-ring (bicyclic) bond motifs is 2. The summed E-state index contributed by atoms with van der Waals surface area (Å²) in [5, 5.41) is 14.1. The Kier molecular flexibility index (Phi) is 5.08. The van der Waals surface area contributed by atoms with Crippen molar-refractivity contribution in [1.29, 1.82) is 0 Å². The minimum absolute atomic E-state index is 0.00508. The standard InChI is InChI=1S/C24H25N3O4/c28-16(14-26-22(29)18-6-1-2-7-19(18)23(26)30)13-20-17-5-3-4-8-21(17)27(24(20)31)15-9-11-25-12-10-15/h1-8,15-16,20,25,28H,9-14H2. The molecule has 0 aliphatic carbocycles. The van der Waals surface area contributed by atoms with Crippen LogP contribution in [0.3, 0.4) is 0 Å². The van der Waals surface area contributed by atoms with Gasteiger partial charge in [-0.1, -0.05) is 30.3 Å². The number of nitrogens with one attached hydrogen (secondary N) is 1. The monoisotopic (exact) mass is 419 g/mol. The summed E-state index contributed by atoms with van der Waals surface area (Å²) in [7, 11) is 0.